The summed E-state index contributed by atoms with van der Waals surface area (Å²) in [5.41, 5.74) is 3.82. The molecule has 0 radical (unpaired) electrons. The van der Waals surface area contributed by atoms with Gasteiger partial charge in [-0.3, -0.25) is 0 Å². The Kier molecular flexibility index (Phi) is 2.96. The van der Waals surface area contributed by atoms with Gasteiger partial charge in [0, 0.05) is 17.5 Å². The molecule has 0 bridgehead atoms. The molecule has 0 atom stereocenters. The van der Waals surface area contributed by atoms with Crippen LogP contribution in [0.2, 0.25) is 0 Å². The largest absolute Gasteiger partial charge is 0.321 e. The minimum atomic E-state index is -0.217. The van der Waals surface area contributed by atoms with E-state index in [9.17, 15) is 4.39 Å². The van der Waals surface area contributed by atoms with Gasteiger partial charge in [0.2, 0.25) is 0 Å². The highest BCUT2D eigenvalue weighted by Gasteiger charge is 2.28. The third-order valence-corrected chi connectivity index (χ3v) is 4.21. The molecule has 4 heteroatoms. The molecule has 1 fully saturated rings. The summed E-state index contributed by atoms with van der Waals surface area (Å²) in [5, 5.41) is 0. The maximum Gasteiger partial charge on any atom is 0.141 e. The maximum atomic E-state index is 13.6. The lowest BCUT2D eigenvalue weighted by atomic mass is 10.1. The average molecular weight is 301 g/mol. The molecule has 1 aliphatic carbocycles. The van der Waals surface area contributed by atoms with Crippen molar-refractivity contribution in [3.63, 3.8) is 0 Å². The molecule has 0 spiro atoms. The molecule has 1 heterocycles. The second-order valence-electron chi connectivity index (χ2n) is 5.50. The lowest BCUT2D eigenvalue weighted by Crippen LogP contribution is -1.98. The Bertz CT molecular complexity index is 821. The molecule has 3 aromatic rings. The van der Waals surface area contributed by atoms with Crippen molar-refractivity contribution in [3.05, 3.63) is 53.8 Å². The lowest BCUT2D eigenvalue weighted by Gasteiger charge is -2.08. The number of benzene rings is 2. The number of imidazole rings is 1. The standard InChI is InChI=1S/C17H14ClFN2/c18-10-11-2-1-3-12(8-11)17-20-15-7-4-13(19)9-16(15)21(17)14-5-6-14/h1-4,7-9,14H,5-6,10H2. The van der Waals surface area contributed by atoms with Gasteiger partial charge in [-0.15, -0.1) is 11.6 Å². The van der Waals surface area contributed by atoms with Crippen LogP contribution in [-0.4, -0.2) is 9.55 Å². The van der Waals surface area contributed by atoms with E-state index < -0.39 is 0 Å². The van der Waals surface area contributed by atoms with Crippen LogP contribution >= 0.6 is 11.6 Å². The van der Waals surface area contributed by atoms with Crippen LogP contribution < -0.4 is 0 Å². The normalized spacial score (nSPS) is 14.8. The summed E-state index contributed by atoms with van der Waals surface area (Å²) in [6.45, 7) is 0. The molecule has 21 heavy (non-hydrogen) atoms. The topological polar surface area (TPSA) is 17.8 Å². The van der Waals surface area contributed by atoms with Crippen molar-refractivity contribution in [3.8, 4) is 11.4 Å². The fraction of sp³-hybridized carbons (Fsp3) is 0.235. The van der Waals surface area contributed by atoms with E-state index in [0.717, 1.165) is 40.8 Å². The Balaban J connectivity index is 1.97. The molecular weight excluding hydrogens is 287 g/mol. The molecule has 0 saturated heterocycles. The Labute approximate surface area is 127 Å². The number of alkyl halides is 1. The Hall–Kier alpha value is -1.87. The van der Waals surface area contributed by atoms with Crippen LogP contribution in [0, 0.1) is 5.82 Å². The van der Waals surface area contributed by atoms with E-state index in [4.69, 9.17) is 16.6 Å². The van der Waals surface area contributed by atoms with E-state index in [1.807, 2.05) is 18.2 Å². The Morgan fingerprint density at radius 3 is 2.81 bits per heavy atom. The van der Waals surface area contributed by atoms with Crippen LogP contribution in [-0.2, 0) is 5.88 Å². The fourth-order valence-electron chi connectivity index (χ4n) is 2.77. The zero-order valence-corrected chi connectivity index (χ0v) is 12.1. The van der Waals surface area contributed by atoms with Crippen molar-refractivity contribution < 1.29 is 4.39 Å². The van der Waals surface area contributed by atoms with Crippen LogP contribution in [0.5, 0.6) is 0 Å². The van der Waals surface area contributed by atoms with Crippen molar-refractivity contribution in [1.29, 1.82) is 0 Å². The number of rotatable bonds is 3. The summed E-state index contributed by atoms with van der Waals surface area (Å²) in [6.07, 6.45) is 2.26. The van der Waals surface area contributed by atoms with E-state index >= 15 is 0 Å². The van der Waals surface area contributed by atoms with Gasteiger partial charge in [-0.05, 0) is 42.7 Å². The number of hydrogen-bond acceptors (Lipinski definition) is 1. The van der Waals surface area contributed by atoms with Gasteiger partial charge in [-0.1, -0.05) is 18.2 Å². The highest BCUT2D eigenvalue weighted by Crippen LogP contribution is 2.41. The van der Waals surface area contributed by atoms with Crippen LogP contribution in [0.15, 0.2) is 42.5 Å². The van der Waals surface area contributed by atoms with Crippen molar-refractivity contribution in [2.75, 3.05) is 0 Å². The number of halogens is 2. The van der Waals surface area contributed by atoms with E-state index in [0.29, 0.717) is 11.9 Å². The molecule has 1 aromatic heterocycles. The minimum Gasteiger partial charge on any atom is -0.321 e. The summed E-state index contributed by atoms with van der Waals surface area (Å²) in [6, 6.07) is 13.3. The second-order valence-corrected chi connectivity index (χ2v) is 5.77. The van der Waals surface area contributed by atoms with Crippen molar-refractivity contribution in [2.24, 2.45) is 0 Å². The van der Waals surface area contributed by atoms with E-state index in [-0.39, 0.29) is 5.82 Å². The van der Waals surface area contributed by atoms with E-state index in [1.165, 1.54) is 6.07 Å². The van der Waals surface area contributed by atoms with Gasteiger partial charge in [0.25, 0.3) is 0 Å². The van der Waals surface area contributed by atoms with Crippen LogP contribution in [0.4, 0.5) is 4.39 Å². The molecule has 4 rings (SSSR count). The maximum absolute atomic E-state index is 13.6. The third-order valence-electron chi connectivity index (χ3n) is 3.90. The van der Waals surface area contributed by atoms with Crippen molar-refractivity contribution in [1.82, 2.24) is 9.55 Å². The highest BCUT2D eigenvalue weighted by molar-refractivity contribution is 6.17. The molecule has 106 valence electrons. The molecule has 1 saturated carbocycles. The van der Waals surface area contributed by atoms with Crippen LogP contribution in [0.25, 0.3) is 22.4 Å². The van der Waals surface area contributed by atoms with Gasteiger partial charge < -0.3 is 4.57 Å². The third kappa shape index (κ3) is 2.22. The zero-order valence-electron chi connectivity index (χ0n) is 11.4. The lowest BCUT2D eigenvalue weighted by molar-refractivity contribution is 0.628. The minimum absolute atomic E-state index is 0.217. The quantitative estimate of drug-likeness (QED) is 0.628. The van der Waals surface area contributed by atoms with Gasteiger partial charge in [0.15, 0.2) is 0 Å². The fourth-order valence-corrected chi connectivity index (χ4v) is 2.93. The van der Waals surface area contributed by atoms with Gasteiger partial charge in [-0.2, -0.15) is 0 Å². The smallest absolute Gasteiger partial charge is 0.141 e. The van der Waals surface area contributed by atoms with Gasteiger partial charge in [-0.25, -0.2) is 9.37 Å². The summed E-state index contributed by atoms with van der Waals surface area (Å²) in [7, 11) is 0. The van der Waals surface area contributed by atoms with Gasteiger partial charge in [0.1, 0.15) is 11.6 Å². The predicted octanol–water partition coefficient (Wildman–Crippen LogP) is 4.92. The molecule has 2 aromatic carbocycles. The predicted molar refractivity (Wildman–Crippen MR) is 83.0 cm³/mol. The Morgan fingerprint density at radius 1 is 1.19 bits per heavy atom. The summed E-state index contributed by atoms with van der Waals surface area (Å²) in [5.74, 6) is 1.17. The number of aromatic nitrogens is 2. The molecule has 0 N–H and O–H groups in total. The molecule has 2 nitrogen and oxygen atoms in total. The molecule has 1 aliphatic rings. The van der Waals surface area contributed by atoms with Gasteiger partial charge in [0.05, 0.1) is 11.0 Å². The van der Waals surface area contributed by atoms with Gasteiger partial charge >= 0.3 is 0 Å². The highest BCUT2D eigenvalue weighted by atomic mass is 35.5. The van der Waals surface area contributed by atoms with Crippen LogP contribution in [0.1, 0.15) is 24.4 Å². The first-order valence-electron chi connectivity index (χ1n) is 7.09. The SMILES string of the molecule is Fc1ccc2nc(-c3cccc(CCl)c3)n(C3CC3)c2c1. The van der Waals surface area contributed by atoms with E-state index in [1.54, 1.807) is 12.1 Å². The molecule has 0 unspecified atom stereocenters. The second kappa shape index (κ2) is 4.85. The summed E-state index contributed by atoms with van der Waals surface area (Å²) in [4.78, 5) is 4.71. The van der Waals surface area contributed by atoms with Crippen molar-refractivity contribution in [2.45, 2.75) is 24.8 Å². The first-order chi connectivity index (χ1) is 10.3. The number of fused-ring (bicyclic) bond motifs is 1. The number of nitrogens with zero attached hydrogens (tertiary/aromatic N) is 2. The molecular formula is C17H14ClFN2. The monoisotopic (exact) mass is 300 g/mol. The molecule has 0 aliphatic heterocycles. The van der Waals surface area contributed by atoms with Crippen LogP contribution in [0.3, 0.4) is 0 Å². The van der Waals surface area contributed by atoms with E-state index in [2.05, 4.69) is 10.6 Å². The zero-order chi connectivity index (χ0) is 14.4. The first-order valence-corrected chi connectivity index (χ1v) is 7.62. The average Bonchev–Trinajstić information content (AvgIpc) is 3.28. The first kappa shape index (κ1) is 12.8. The molecule has 0 amide bonds. The summed E-state index contributed by atoms with van der Waals surface area (Å²) < 4.78 is 15.7. The Morgan fingerprint density at radius 2 is 2.05 bits per heavy atom. The summed E-state index contributed by atoms with van der Waals surface area (Å²) >= 11 is 5.92. The number of hydrogen-bond donors (Lipinski definition) is 0. The van der Waals surface area contributed by atoms with Crippen molar-refractivity contribution >= 4 is 22.6 Å².